The van der Waals surface area contributed by atoms with E-state index in [0.29, 0.717) is 0 Å². The lowest BCUT2D eigenvalue weighted by Gasteiger charge is -2.19. The van der Waals surface area contributed by atoms with Crippen LogP contribution in [0.1, 0.15) is 18.1 Å². The van der Waals surface area contributed by atoms with Crippen LogP contribution < -0.4 is 0 Å². The van der Waals surface area contributed by atoms with Crippen LogP contribution in [0.15, 0.2) is 0 Å². The van der Waals surface area contributed by atoms with Crippen LogP contribution in [0.25, 0.3) is 0 Å². The highest BCUT2D eigenvalue weighted by Gasteiger charge is 2.19. The molecule has 0 aromatic carbocycles. The van der Waals surface area contributed by atoms with Crippen LogP contribution >= 0.6 is 15.9 Å². The maximum absolute atomic E-state index is 4.36. The maximum atomic E-state index is 4.36. The minimum Gasteiger partial charge on any atom is -0.250 e. The van der Waals surface area contributed by atoms with Crippen molar-refractivity contribution in [3.63, 3.8) is 0 Å². The van der Waals surface area contributed by atoms with Crippen molar-refractivity contribution in [1.29, 1.82) is 0 Å². The molecule has 1 aliphatic heterocycles. The molecule has 1 atom stereocenters. The lowest BCUT2D eigenvalue weighted by atomic mass is 10.0. The first kappa shape index (κ1) is 8.23. The molecular formula is C8H12BrN3. The van der Waals surface area contributed by atoms with Crippen molar-refractivity contribution in [3.8, 4) is 0 Å². The Labute approximate surface area is 80.3 Å². The van der Waals surface area contributed by atoms with Crippen LogP contribution in [0.2, 0.25) is 0 Å². The Kier molecular flexibility index (Phi) is 2.17. The Morgan fingerprint density at radius 2 is 2.50 bits per heavy atom. The summed E-state index contributed by atoms with van der Waals surface area (Å²) in [5.74, 6) is 2.79. The Hall–Kier alpha value is -0.380. The van der Waals surface area contributed by atoms with Gasteiger partial charge in [0.2, 0.25) is 0 Å². The fraction of sp³-hybridized carbons (Fsp3) is 0.750. The molecule has 0 radical (unpaired) electrons. The van der Waals surface area contributed by atoms with Gasteiger partial charge in [-0.2, -0.15) is 5.10 Å². The Morgan fingerprint density at radius 3 is 3.25 bits per heavy atom. The van der Waals surface area contributed by atoms with Gasteiger partial charge in [0.15, 0.2) is 0 Å². The van der Waals surface area contributed by atoms with E-state index >= 15 is 0 Å². The first-order valence-electron chi connectivity index (χ1n) is 4.26. The van der Waals surface area contributed by atoms with E-state index in [1.54, 1.807) is 0 Å². The smallest absolute Gasteiger partial charge is 0.147 e. The molecule has 12 heavy (non-hydrogen) atoms. The Balaban J connectivity index is 2.22. The van der Waals surface area contributed by atoms with E-state index in [0.717, 1.165) is 35.9 Å². The zero-order valence-electron chi connectivity index (χ0n) is 7.13. The van der Waals surface area contributed by atoms with Gasteiger partial charge in [0.05, 0.1) is 0 Å². The van der Waals surface area contributed by atoms with Gasteiger partial charge in [-0.3, -0.25) is 0 Å². The monoisotopic (exact) mass is 229 g/mol. The number of nitrogens with zero attached hydrogens (tertiary/aromatic N) is 3. The van der Waals surface area contributed by atoms with E-state index in [2.05, 4.69) is 26.0 Å². The number of hydrogen-bond acceptors (Lipinski definition) is 2. The molecule has 1 aromatic heterocycles. The largest absolute Gasteiger partial charge is 0.250 e. The number of hydrogen-bond donors (Lipinski definition) is 0. The quantitative estimate of drug-likeness (QED) is 0.685. The molecule has 0 amide bonds. The van der Waals surface area contributed by atoms with Gasteiger partial charge in [-0.1, -0.05) is 15.9 Å². The van der Waals surface area contributed by atoms with Crippen molar-refractivity contribution in [3.05, 3.63) is 11.6 Å². The summed E-state index contributed by atoms with van der Waals surface area (Å²) in [4.78, 5) is 4.36. The normalized spacial score (nSPS) is 22.3. The second-order valence-electron chi connectivity index (χ2n) is 3.32. The highest BCUT2D eigenvalue weighted by molar-refractivity contribution is 9.09. The van der Waals surface area contributed by atoms with Crippen LogP contribution in [0, 0.1) is 12.8 Å². The summed E-state index contributed by atoms with van der Waals surface area (Å²) < 4.78 is 2.05. The molecule has 0 N–H and O–H groups in total. The molecule has 0 bridgehead atoms. The predicted molar refractivity (Wildman–Crippen MR) is 50.4 cm³/mol. The summed E-state index contributed by atoms with van der Waals surface area (Å²) in [6, 6.07) is 0. The molecule has 0 saturated carbocycles. The van der Waals surface area contributed by atoms with Crippen LogP contribution in [0.3, 0.4) is 0 Å². The molecule has 2 heterocycles. The second kappa shape index (κ2) is 3.17. The lowest BCUT2D eigenvalue weighted by molar-refractivity contribution is 0.374. The number of fused-ring (bicyclic) bond motifs is 1. The van der Waals surface area contributed by atoms with Crippen molar-refractivity contribution in [1.82, 2.24) is 14.8 Å². The zero-order chi connectivity index (χ0) is 8.55. The van der Waals surface area contributed by atoms with Crippen LogP contribution in [0.5, 0.6) is 0 Å². The van der Waals surface area contributed by atoms with Gasteiger partial charge in [0.1, 0.15) is 11.6 Å². The number of alkyl halides is 1. The molecule has 0 aliphatic carbocycles. The van der Waals surface area contributed by atoms with Gasteiger partial charge in [-0.05, 0) is 19.3 Å². The molecular weight excluding hydrogens is 218 g/mol. The van der Waals surface area contributed by atoms with E-state index in [1.165, 1.54) is 6.42 Å². The first-order chi connectivity index (χ1) is 5.79. The predicted octanol–water partition coefficient (Wildman–Crippen LogP) is 1.54. The second-order valence-corrected chi connectivity index (χ2v) is 3.96. The van der Waals surface area contributed by atoms with Gasteiger partial charge >= 0.3 is 0 Å². The summed E-state index contributed by atoms with van der Waals surface area (Å²) in [7, 11) is 0. The van der Waals surface area contributed by atoms with Gasteiger partial charge in [0.25, 0.3) is 0 Å². The lowest BCUT2D eigenvalue weighted by Crippen LogP contribution is -2.22. The molecule has 2 rings (SSSR count). The van der Waals surface area contributed by atoms with Crippen LogP contribution in [-0.2, 0) is 13.0 Å². The number of rotatable bonds is 1. The van der Waals surface area contributed by atoms with Crippen molar-refractivity contribution >= 4 is 15.9 Å². The third-order valence-electron chi connectivity index (χ3n) is 2.28. The standard InChI is InChI=1S/C8H12BrN3/c1-6-10-8-3-2-7(4-9)5-12(8)11-6/h7H,2-5H2,1H3. The van der Waals surface area contributed by atoms with Gasteiger partial charge < -0.3 is 0 Å². The van der Waals surface area contributed by atoms with E-state index in [4.69, 9.17) is 0 Å². The molecule has 4 heteroatoms. The summed E-state index contributed by atoms with van der Waals surface area (Å²) >= 11 is 3.51. The average molecular weight is 230 g/mol. The van der Waals surface area contributed by atoms with Crippen molar-refractivity contribution in [2.24, 2.45) is 5.92 Å². The van der Waals surface area contributed by atoms with E-state index in [9.17, 15) is 0 Å². The van der Waals surface area contributed by atoms with Crippen LogP contribution in [0.4, 0.5) is 0 Å². The number of halogens is 1. The highest BCUT2D eigenvalue weighted by Crippen LogP contribution is 2.19. The molecule has 0 spiro atoms. The average Bonchev–Trinajstić information content (AvgIpc) is 2.43. The first-order valence-corrected chi connectivity index (χ1v) is 5.38. The third-order valence-corrected chi connectivity index (χ3v) is 3.20. The van der Waals surface area contributed by atoms with E-state index in [1.807, 2.05) is 11.6 Å². The SMILES string of the molecule is Cc1nc2n(n1)CC(CBr)CC2. The number of aryl methyl sites for hydroxylation is 2. The fourth-order valence-corrected chi connectivity index (χ4v) is 2.15. The Bertz CT molecular complexity index is 282. The maximum Gasteiger partial charge on any atom is 0.147 e. The Morgan fingerprint density at radius 1 is 1.67 bits per heavy atom. The van der Waals surface area contributed by atoms with Gasteiger partial charge in [-0.25, -0.2) is 9.67 Å². The van der Waals surface area contributed by atoms with Gasteiger partial charge in [0, 0.05) is 18.3 Å². The van der Waals surface area contributed by atoms with Crippen molar-refractivity contribution in [2.45, 2.75) is 26.3 Å². The zero-order valence-corrected chi connectivity index (χ0v) is 8.71. The summed E-state index contributed by atoms with van der Waals surface area (Å²) in [5, 5.41) is 5.41. The topological polar surface area (TPSA) is 30.7 Å². The van der Waals surface area contributed by atoms with E-state index < -0.39 is 0 Å². The van der Waals surface area contributed by atoms with Crippen molar-refractivity contribution in [2.75, 3.05) is 5.33 Å². The molecule has 0 fully saturated rings. The van der Waals surface area contributed by atoms with Crippen LogP contribution in [-0.4, -0.2) is 20.1 Å². The van der Waals surface area contributed by atoms with Gasteiger partial charge in [-0.15, -0.1) is 0 Å². The third kappa shape index (κ3) is 1.40. The van der Waals surface area contributed by atoms with Crippen molar-refractivity contribution < 1.29 is 0 Å². The molecule has 0 saturated heterocycles. The minimum atomic E-state index is 0.735. The molecule has 1 aliphatic rings. The molecule has 3 nitrogen and oxygen atoms in total. The summed E-state index contributed by atoms with van der Waals surface area (Å²) in [5.41, 5.74) is 0. The highest BCUT2D eigenvalue weighted by atomic mass is 79.9. The summed E-state index contributed by atoms with van der Waals surface area (Å²) in [6.07, 6.45) is 2.32. The fourth-order valence-electron chi connectivity index (χ4n) is 1.63. The van der Waals surface area contributed by atoms with E-state index in [-0.39, 0.29) is 0 Å². The molecule has 1 unspecified atom stereocenters. The summed E-state index contributed by atoms with van der Waals surface area (Å²) in [6.45, 7) is 2.98. The molecule has 66 valence electrons. The minimum absolute atomic E-state index is 0.735. The molecule has 1 aromatic rings. The number of aromatic nitrogens is 3.